The number of anilines is 2. The minimum absolute atomic E-state index is 0.00218. The van der Waals surface area contributed by atoms with Crippen LogP contribution in [-0.2, 0) is 16.1 Å². The maximum absolute atomic E-state index is 12.6. The number of nitrogens with one attached hydrogen (secondary N) is 2. The van der Waals surface area contributed by atoms with Gasteiger partial charge >= 0.3 is 6.09 Å². The van der Waals surface area contributed by atoms with Crippen LogP contribution in [0.2, 0.25) is 0 Å². The number of cyclic esters (lactones) is 1. The summed E-state index contributed by atoms with van der Waals surface area (Å²) in [6.45, 7) is 14.1. The minimum atomic E-state index is -0.387. The molecule has 0 radical (unpaired) electrons. The third kappa shape index (κ3) is 5.22. The summed E-state index contributed by atoms with van der Waals surface area (Å²) in [4.78, 5) is 42.9. The second kappa shape index (κ2) is 10.8. The lowest BCUT2D eigenvalue weighted by molar-refractivity contribution is -0.127. The summed E-state index contributed by atoms with van der Waals surface area (Å²) in [5.41, 5.74) is 3.78. The number of carbonyl (C=O) groups excluding carboxylic acids is 2. The molecule has 10 nitrogen and oxygen atoms in total. The van der Waals surface area contributed by atoms with Gasteiger partial charge in [0, 0.05) is 38.9 Å². The Hall–Kier alpha value is -3.92. The normalized spacial score (nSPS) is 19.2. The Morgan fingerprint density at radius 2 is 1.89 bits per heavy atom. The standard InChI is InChI=1S/C28H35N7O3/c1-5-24(36)34-14-12-33(13-15-34)16-20-6-8-21(9-7-20)19(4)30-27-31-22-10-11-29-25(22)26(32-27)35-23(18(2)3)17-38-28(35)37/h5-11,18-19,23,29H,1,12-17H2,2-4H3,(H,30,31,32)/t19-,23+/m0/s1. The highest BCUT2D eigenvalue weighted by Gasteiger charge is 2.38. The molecule has 200 valence electrons. The molecule has 2 fully saturated rings. The van der Waals surface area contributed by atoms with E-state index in [0.29, 0.717) is 23.9 Å². The lowest BCUT2D eigenvalue weighted by atomic mass is 10.0. The SMILES string of the molecule is C=CC(=O)N1CCN(Cc2ccc([C@H](C)Nc3nc(N4C(=O)OC[C@@H]4C(C)C)c4[nH]ccc4n3)cc2)CC1. The molecule has 2 N–H and O–H groups in total. The van der Waals surface area contributed by atoms with Crippen LogP contribution in [0, 0.1) is 5.92 Å². The maximum Gasteiger partial charge on any atom is 0.416 e. The molecule has 2 aliphatic heterocycles. The van der Waals surface area contributed by atoms with E-state index in [1.54, 1.807) is 11.1 Å². The quantitative estimate of drug-likeness (QED) is 0.436. The number of piperazine rings is 1. The van der Waals surface area contributed by atoms with E-state index in [-0.39, 0.29) is 30.0 Å². The van der Waals surface area contributed by atoms with Gasteiger partial charge in [0.1, 0.15) is 12.1 Å². The largest absolute Gasteiger partial charge is 0.447 e. The average Bonchev–Trinajstić information content (AvgIpc) is 3.55. The van der Waals surface area contributed by atoms with Crippen LogP contribution in [-0.4, -0.2) is 75.6 Å². The first kappa shape index (κ1) is 25.7. The van der Waals surface area contributed by atoms with E-state index in [2.05, 4.69) is 71.8 Å². The predicted molar refractivity (Wildman–Crippen MR) is 147 cm³/mol. The van der Waals surface area contributed by atoms with Gasteiger partial charge in [0.15, 0.2) is 5.82 Å². The summed E-state index contributed by atoms with van der Waals surface area (Å²) in [6, 6.07) is 10.3. The molecule has 2 aromatic heterocycles. The summed E-state index contributed by atoms with van der Waals surface area (Å²) in [5.74, 6) is 1.20. The Morgan fingerprint density at radius 1 is 1.16 bits per heavy atom. The number of hydrogen-bond donors (Lipinski definition) is 2. The molecule has 10 heteroatoms. The van der Waals surface area contributed by atoms with Crippen molar-refractivity contribution in [3.05, 3.63) is 60.3 Å². The molecular formula is C28H35N7O3. The Balaban J connectivity index is 1.27. The van der Waals surface area contributed by atoms with Crippen LogP contribution in [0.4, 0.5) is 16.6 Å². The molecule has 38 heavy (non-hydrogen) atoms. The third-order valence-electron chi connectivity index (χ3n) is 7.38. The third-order valence-corrected chi connectivity index (χ3v) is 7.38. The molecule has 2 amide bonds. The zero-order valence-electron chi connectivity index (χ0n) is 22.2. The monoisotopic (exact) mass is 517 g/mol. The van der Waals surface area contributed by atoms with Gasteiger partial charge in [-0.3, -0.25) is 14.6 Å². The highest BCUT2D eigenvalue weighted by molar-refractivity contribution is 5.98. The Labute approximate surface area is 222 Å². The van der Waals surface area contributed by atoms with Gasteiger partial charge in [-0.25, -0.2) is 9.78 Å². The van der Waals surface area contributed by atoms with Crippen LogP contribution in [0.3, 0.4) is 0 Å². The molecule has 0 unspecified atom stereocenters. The van der Waals surface area contributed by atoms with Crippen LogP contribution in [0.1, 0.15) is 37.9 Å². The van der Waals surface area contributed by atoms with E-state index >= 15 is 0 Å². The van der Waals surface area contributed by atoms with Crippen molar-refractivity contribution in [3.8, 4) is 0 Å². The first-order chi connectivity index (χ1) is 18.3. The van der Waals surface area contributed by atoms with Crippen LogP contribution in [0.15, 0.2) is 49.2 Å². The van der Waals surface area contributed by atoms with Crippen molar-refractivity contribution < 1.29 is 14.3 Å². The summed E-state index contributed by atoms with van der Waals surface area (Å²) < 4.78 is 5.36. The summed E-state index contributed by atoms with van der Waals surface area (Å²) in [7, 11) is 0. The minimum Gasteiger partial charge on any atom is -0.447 e. The van der Waals surface area contributed by atoms with Crippen LogP contribution < -0.4 is 10.2 Å². The number of nitrogens with zero attached hydrogens (tertiary/aromatic N) is 5. The fourth-order valence-corrected chi connectivity index (χ4v) is 5.04. The summed E-state index contributed by atoms with van der Waals surface area (Å²) in [5, 5.41) is 3.41. The van der Waals surface area contributed by atoms with Crippen molar-refractivity contribution in [2.24, 2.45) is 5.92 Å². The zero-order chi connectivity index (χ0) is 26.8. The molecule has 4 heterocycles. The fraction of sp³-hybridized carbons (Fsp3) is 0.429. The molecule has 1 aromatic carbocycles. The summed E-state index contributed by atoms with van der Waals surface area (Å²) in [6.07, 6.45) is 2.80. The van der Waals surface area contributed by atoms with Crippen molar-refractivity contribution in [2.45, 2.75) is 39.4 Å². The van der Waals surface area contributed by atoms with Gasteiger partial charge in [-0.05, 0) is 36.1 Å². The first-order valence-electron chi connectivity index (χ1n) is 13.1. The number of fused-ring (bicyclic) bond motifs is 1. The maximum atomic E-state index is 12.6. The topological polar surface area (TPSA) is 107 Å². The van der Waals surface area contributed by atoms with Gasteiger partial charge in [0.05, 0.1) is 17.6 Å². The van der Waals surface area contributed by atoms with E-state index < -0.39 is 0 Å². The lowest BCUT2D eigenvalue weighted by Gasteiger charge is -2.34. The summed E-state index contributed by atoms with van der Waals surface area (Å²) >= 11 is 0. The van der Waals surface area contributed by atoms with E-state index in [1.807, 2.05) is 11.0 Å². The highest BCUT2D eigenvalue weighted by atomic mass is 16.6. The number of hydrogen-bond acceptors (Lipinski definition) is 7. The number of ether oxygens (including phenoxy) is 1. The van der Waals surface area contributed by atoms with Gasteiger partial charge in [-0.2, -0.15) is 4.98 Å². The highest BCUT2D eigenvalue weighted by Crippen LogP contribution is 2.32. The molecular weight excluding hydrogens is 482 g/mol. The Morgan fingerprint density at radius 3 is 2.58 bits per heavy atom. The number of aromatic nitrogens is 3. The Bertz CT molecular complexity index is 1310. The molecule has 2 atom stereocenters. The second-order valence-electron chi connectivity index (χ2n) is 10.3. The number of benzene rings is 1. The molecule has 3 aromatic rings. The second-order valence-corrected chi connectivity index (χ2v) is 10.3. The number of H-pyrrole nitrogens is 1. The smallest absolute Gasteiger partial charge is 0.416 e. The van der Waals surface area contributed by atoms with E-state index in [9.17, 15) is 9.59 Å². The molecule has 2 aliphatic rings. The van der Waals surface area contributed by atoms with Gasteiger partial charge in [-0.1, -0.05) is 44.7 Å². The molecule has 2 saturated heterocycles. The van der Waals surface area contributed by atoms with Gasteiger partial charge < -0.3 is 19.9 Å². The number of aromatic amines is 1. The predicted octanol–water partition coefficient (Wildman–Crippen LogP) is 3.94. The lowest BCUT2D eigenvalue weighted by Crippen LogP contribution is -2.47. The average molecular weight is 518 g/mol. The van der Waals surface area contributed by atoms with Crippen molar-refractivity contribution >= 4 is 34.8 Å². The zero-order valence-corrected chi connectivity index (χ0v) is 22.2. The van der Waals surface area contributed by atoms with Gasteiger partial charge in [0.2, 0.25) is 11.9 Å². The van der Waals surface area contributed by atoms with E-state index in [0.717, 1.165) is 43.8 Å². The van der Waals surface area contributed by atoms with E-state index in [1.165, 1.54) is 11.6 Å². The van der Waals surface area contributed by atoms with Gasteiger partial charge in [-0.15, -0.1) is 0 Å². The fourth-order valence-electron chi connectivity index (χ4n) is 5.04. The molecule has 5 rings (SSSR count). The van der Waals surface area contributed by atoms with Crippen LogP contribution in [0.5, 0.6) is 0 Å². The van der Waals surface area contributed by atoms with Crippen molar-refractivity contribution in [1.82, 2.24) is 24.8 Å². The van der Waals surface area contributed by atoms with Crippen molar-refractivity contribution in [1.29, 1.82) is 0 Å². The molecule has 0 saturated carbocycles. The van der Waals surface area contributed by atoms with Gasteiger partial charge in [0.25, 0.3) is 0 Å². The number of rotatable bonds is 8. The molecule has 0 spiro atoms. The van der Waals surface area contributed by atoms with Crippen LogP contribution >= 0.6 is 0 Å². The number of amides is 2. The van der Waals surface area contributed by atoms with Crippen molar-refractivity contribution in [3.63, 3.8) is 0 Å². The molecule has 0 aliphatic carbocycles. The van der Waals surface area contributed by atoms with Crippen LogP contribution in [0.25, 0.3) is 11.0 Å². The Kier molecular flexibility index (Phi) is 7.33. The van der Waals surface area contributed by atoms with E-state index in [4.69, 9.17) is 9.72 Å². The number of carbonyl (C=O) groups is 2. The first-order valence-corrected chi connectivity index (χ1v) is 13.1. The van der Waals surface area contributed by atoms with Crippen molar-refractivity contribution in [2.75, 3.05) is 43.0 Å². The molecule has 0 bridgehead atoms.